The van der Waals surface area contributed by atoms with E-state index in [1.807, 2.05) is 48.5 Å². The summed E-state index contributed by atoms with van der Waals surface area (Å²) in [6.45, 7) is 3.38. The molecule has 0 radical (unpaired) electrons. The maximum absolute atomic E-state index is 13.3. The largest absolute Gasteiger partial charge is 0.367 e. The minimum atomic E-state index is -0.277. The van der Waals surface area contributed by atoms with E-state index in [4.69, 9.17) is 27.9 Å². The van der Waals surface area contributed by atoms with Crippen LogP contribution < -0.4 is 5.32 Å². The van der Waals surface area contributed by atoms with Crippen LogP contribution in [0.2, 0.25) is 10.0 Å². The minimum Gasteiger partial charge on any atom is -0.367 e. The van der Waals surface area contributed by atoms with Gasteiger partial charge in [-0.05, 0) is 66.4 Å². The molecule has 0 aliphatic heterocycles. The lowest BCUT2D eigenvalue weighted by molar-refractivity contribution is 0.0808. The Morgan fingerprint density at radius 3 is 1.93 bits per heavy atom. The molecule has 3 rings (SSSR count). The van der Waals surface area contributed by atoms with E-state index < -0.39 is 0 Å². The van der Waals surface area contributed by atoms with Gasteiger partial charge in [0.25, 0.3) is 0 Å². The monoisotopic (exact) mass is 431 g/mol. The lowest BCUT2D eigenvalue weighted by Gasteiger charge is -2.20. The SMILES string of the molecule is C[C@@H](Cc1ccc(Cl)cc1)NCCO[C@H](c1ccc(F)cc1)c1ccc(Cl)cc1. The van der Waals surface area contributed by atoms with Gasteiger partial charge in [-0.15, -0.1) is 0 Å². The van der Waals surface area contributed by atoms with Crippen molar-refractivity contribution >= 4 is 23.2 Å². The predicted octanol–water partition coefficient (Wildman–Crippen LogP) is 6.46. The molecule has 0 fully saturated rings. The first-order chi connectivity index (χ1) is 14.0. The van der Waals surface area contributed by atoms with Crippen LogP contribution in [0, 0.1) is 5.82 Å². The third kappa shape index (κ3) is 6.83. The van der Waals surface area contributed by atoms with Gasteiger partial charge < -0.3 is 10.1 Å². The van der Waals surface area contributed by atoms with Gasteiger partial charge in [-0.3, -0.25) is 0 Å². The molecule has 0 saturated carbocycles. The summed E-state index contributed by atoms with van der Waals surface area (Å²) < 4.78 is 19.5. The van der Waals surface area contributed by atoms with Crippen molar-refractivity contribution in [2.75, 3.05) is 13.2 Å². The van der Waals surface area contributed by atoms with Gasteiger partial charge in [-0.2, -0.15) is 0 Å². The Bertz CT molecular complexity index is 837. The van der Waals surface area contributed by atoms with E-state index in [-0.39, 0.29) is 11.9 Å². The summed E-state index contributed by atoms with van der Waals surface area (Å²) in [5.41, 5.74) is 3.12. The maximum Gasteiger partial charge on any atom is 0.123 e. The van der Waals surface area contributed by atoms with E-state index in [9.17, 15) is 4.39 Å². The molecule has 29 heavy (non-hydrogen) atoms. The van der Waals surface area contributed by atoms with E-state index in [0.29, 0.717) is 24.2 Å². The lowest BCUT2D eigenvalue weighted by Crippen LogP contribution is -2.31. The first-order valence-electron chi connectivity index (χ1n) is 9.61. The molecule has 0 aliphatic rings. The van der Waals surface area contributed by atoms with Crippen molar-refractivity contribution in [3.63, 3.8) is 0 Å². The Hall–Kier alpha value is -1.91. The van der Waals surface area contributed by atoms with Gasteiger partial charge in [0.15, 0.2) is 0 Å². The highest BCUT2D eigenvalue weighted by atomic mass is 35.5. The number of nitrogens with one attached hydrogen (secondary N) is 1. The molecule has 3 aromatic rings. The van der Waals surface area contributed by atoms with Crippen LogP contribution >= 0.6 is 23.2 Å². The molecule has 0 aliphatic carbocycles. The average Bonchev–Trinajstić information content (AvgIpc) is 2.72. The summed E-state index contributed by atoms with van der Waals surface area (Å²) in [4.78, 5) is 0. The first kappa shape index (κ1) is 21.8. The van der Waals surface area contributed by atoms with Crippen molar-refractivity contribution in [1.29, 1.82) is 0 Å². The Balaban J connectivity index is 1.56. The van der Waals surface area contributed by atoms with Crippen molar-refractivity contribution in [2.24, 2.45) is 0 Å². The van der Waals surface area contributed by atoms with Gasteiger partial charge in [0.2, 0.25) is 0 Å². The maximum atomic E-state index is 13.3. The smallest absolute Gasteiger partial charge is 0.123 e. The predicted molar refractivity (Wildman–Crippen MR) is 118 cm³/mol. The van der Waals surface area contributed by atoms with Gasteiger partial charge >= 0.3 is 0 Å². The van der Waals surface area contributed by atoms with Crippen LogP contribution in [0.25, 0.3) is 0 Å². The quantitative estimate of drug-likeness (QED) is 0.392. The molecule has 0 heterocycles. The highest BCUT2D eigenvalue weighted by Gasteiger charge is 2.15. The molecule has 0 amide bonds. The minimum absolute atomic E-state index is 0.263. The zero-order valence-electron chi connectivity index (χ0n) is 16.2. The van der Waals surface area contributed by atoms with Crippen molar-refractivity contribution in [3.05, 3.63) is 105 Å². The lowest BCUT2D eigenvalue weighted by atomic mass is 10.0. The van der Waals surface area contributed by atoms with Gasteiger partial charge in [0, 0.05) is 22.6 Å². The molecule has 0 saturated heterocycles. The zero-order chi connectivity index (χ0) is 20.6. The molecule has 0 aromatic heterocycles. The van der Waals surface area contributed by atoms with Crippen LogP contribution in [0.3, 0.4) is 0 Å². The summed E-state index contributed by atoms with van der Waals surface area (Å²) in [6.07, 6.45) is 0.636. The molecule has 2 nitrogen and oxygen atoms in total. The second kappa shape index (κ2) is 10.7. The third-order valence-electron chi connectivity index (χ3n) is 4.68. The summed E-state index contributed by atoms with van der Waals surface area (Å²) in [6, 6.07) is 22.2. The molecule has 2 atom stereocenters. The summed E-state index contributed by atoms with van der Waals surface area (Å²) in [5, 5.41) is 4.90. The number of hydrogen-bond acceptors (Lipinski definition) is 2. The third-order valence-corrected chi connectivity index (χ3v) is 5.18. The summed E-state index contributed by atoms with van der Waals surface area (Å²) in [7, 11) is 0. The molecule has 3 aromatic carbocycles. The molecular formula is C24H24Cl2FNO. The van der Waals surface area contributed by atoms with Crippen LogP contribution in [0.5, 0.6) is 0 Å². The molecule has 0 unspecified atom stereocenters. The number of benzene rings is 3. The molecule has 1 N–H and O–H groups in total. The van der Waals surface area contributed by atoms with E-state index in [1.165, 1.54) is 17.7 Å². The molecule has 152 valence electrons. The van der Waals surface area contributed by atoms with E-state index in [0.717, 1.165) is 22.6 Å². The van der Waals surface area contributed by atoms with Crippen molar-refractivity contribution in [3.8, 4) is 0 Å². The number of halogens is 3. The van der Waals surface area contributed by atoms with Gasteiger partial charge in [-0.25, -0.2) is 4.39 Å². The van der Waals surface area contributed by atoms with Crippen molar-refractivity contribution in [1.82, 2.24) is 5.32 Å². The molecule has 5 heteroatoms. The van der Waals surface area contributed by atoms with Crippen LogP contribution in [0.15, 0.2) is 72.8 Å². The van der Waals surface area contributed by atoms with Crippen LogP contribution in [-0.4, -0.2) is 19.2 Å². The number of rotatable bonds is 9. The second-order valence-electron chi connectivity index (χ2n) is 7.04. The number of hydrogen-bond donors (Lipinski definition) is 1. The summed E-state index contributed by atoms with van der Waals surface area (Å²) in [5.74, 6) is -0.263. The fourth-order valence-corrected chi connectivity index (χ4v) is 3.44. The normalized spacial score (nSPS) is 13.2. The highest BCUT2D eigenvalue weighted by Crippen LogP contribution is 2.27. The molecular weight excluding hydrogens is 408 g/mol. The molecule has 0 bridgehead atoms. The Morgan fingerprint density at radius 1 is 0.828 bits per heavy atom. The van der Waals surface area contributed by atoms with Crippen LogP contribution in [0.4, 0.5) is 4.39 Å². The van der Waals surface area contributed by atoms with Crippen LogP contribution in [-0.2, 0) is 11.2 Å². The topological polar surface area (TPSA) is 21.3 Å². The zero-order valence-corrected chi connectivity index (χ0v) is 17.8. The second-order valence-corrected chi connectivity index (χ2v) is 7.91. The summed E-state index contributed by atoms with van der Waals surface area (Å²) >= 11 is 12.0. The average molecular weight is 432 g/mol. The first-order valence-corrected chi connectivity index (χ1v) is 10.4. The van der Waals surface area contributed by atoms with Crippen LogP contribution in [0.1, 0.15) is 29.7 Å². The van der Waals surface area contributed by atoms with E-state index in [1.54, 1.807) is 12.1 Å². The van der Waals surface area contributed by atoms with Gasteiger partial charge in [-0.1, -0.05) is 59.6 Å². The Morgan fingerprint density at radius 2 is 1.34 bits per heavy atom. The van der Waals surface area contributed by atoms with Gasteiger partial charge in [0.1, 0.15) is 11.9 Å². The van der Waals surface area contributed by atoms with E-state index in [2.05, 4.69) is 12.2 Å². The van der Waals surface area contributed by atoms with Crippen molar-refractivity contribution in [2.45, 2.75) is 25.5 Å². The van der Waals surface area contributed by atoms with E-state index >= 15 is 0 Å². The molecule has 0 spiro atoms. The Labute approximate surface area is 181 Å². The fraction of sp³-hybridized carbons (Fsp3) is 0.250. The highest BCUT2D eigenvalue weighted by molar-refractivity contribution is 6.30. The van der Waals surface area contributed by atoms with Gasteiger partial charge in [0.05, 0.1) is 6.61 Å². The fourth-order valence-electron chi connectivity index (χ4n) is 3.19. The standard InChI is InChI=1S/C24H24Cl2FNO/c1-17(16-18-2-8-21(25)9-3-18)28-14-15-29-24(19-4-10-22(26)11-5-19)20-6-12-23(27)13-7-20/h2-13,17,24,28H,14-16H2,1H3/t17-,24-/m0/s1. The Kier molecular flexibility index (Phi) is 8.08. The van der Waals surface area contributed by atoms with Crippen molar-refractivity contribution < 1.29 is 9.13 Å². The number of ether oxygens (including phenoxy) is 1.